The van der Waals surface area contributed by atoms with E-state index in [1.807, 2.05) is 12.1 Å². The average molecular weight is 378 g/mol. The number of halogens is 4. The average Bonchev–Trinajstić information content (AvgIpc) is 3.02. The quantitative estimate of drug-likeness (QED) is 0.474. The molecule has 0 unspecified atom stereocenters. The van der Waals surface area contributed by atoms with E-state index >= 15 is 0 Å². The lowest BCUT2D eigenvalue weighted by Gasteiger charge is -2.09. The minimum Gasteiger partial charge on any atom is -0.399 e. The maximum Gasteiger partial charge on any atom is 0.419 e. The van der Waals surface area contributed by atoms with Crippen molar-refractivity contribution >= 4 is 17.5 Å². The number of aromatic nitrogens is 2. The third-order valence-corrected chi connectivity index (χ3v) is 3.76. The predicted octanol–water partition coefficient (Wildman–Crippen LogP) is 3.99. The number of hydrogen-bond acceptors (Lipinski definition) is 3. The SMILES string of the molecule is Nc1ccc(Cc2c[nH]c(NC(=O)c3ccc(C(F)(F)F)c(F)c3)n2)cc1. The van der Waals surface area contributed by atoms with E-state index in [-0.39, 0.29) is 11.5 Å². The molecule has 27 heavy (non-hydrogen) atoms. The van der Waals surface area contributed by atoms with Gasteiger partial charge in [-0.1, -0.05) is 12.1 Å². The Morgan fingerprint density at radius 3 is 2.48 bits per heavy atom. The van der Waals surface area contributed by atoms with Crippen molar-refractivity contribution in [3.63, 3.8) is 0 Å². The van der Waals surface area contributed by atoms with Crippen LogP contribution in [0.15, 0.2) is 48.7 Å². The topological polar surface area (TPSA) is 83.8 Å². The highest BCUT2D eigenvalue weighted by molar-refractivity contribution is 6.03. The van der Waals surface area contributed by atoms with Crippen LogP contribution in [0.2, 0.25) is 0 Å². The second kappa shape index (κ2) is 7.10. The summed E-state index contributed by atoms with van der Waals surface area (Å²) in [5.41, 5.74) is 6.17. The van der Waals surface area contributed by atoms with Crippen LogP contribution in [0.5, 0.6) is 0 Å². The molecule has 4 N–H and O–H groups in total. The lowest BCUT2D eigenvalue weighted by Crippen LogP contribution is -2.15. The molecule has 0 saturated heterocycles. The number of carbonyl (C=O) groups excluding carboxylic acids is 1. The number of imidazole rings is 1. The van der Waals surface area contributed by atoms with Crippen molar-refractivity contribution in [2.75, 3.05) is 11.1 Å². The van der Waals surface area contributed by atoms with Gasteiger partial charge < -0.3 is 10.7 Å². The summed E-state index contributed by atoms with van der Waals surface area (Å²) >= 11 is 0. The highest BCUT2D eigenvalue weighted by Crippen LogP contribution is 2.31. The van der Waals surface area contributed by atoms with E-state index in [0.29, 0.717) is 29.9 Å². The number of aromatic amines is 1. The summed E-state index contributed by atoms with van der Waals surface area (Å²) in [6, 6.07) is 9.16. The van der Waals surface area contributed by atoms with Crippen molar-refractivity contribution in [3.05, 3.63) is 76.9 Å². The van der Waals surface area contributed by atoms with Crippen molar-refractivity contribution in [1.29, 1.82) is 0 Å². The molecule has 0 bridgehead atoms. The number of carbonyl (C=O) groups is 1. The molecule has 0 radical (unpaired) electrons. The van der Waals surface area contributed by atoms with Gasteiger partial charge in [-0.25, -0.2) is 9.37 Å². The third-order valence-electron chi connectivity index (χ3n) is 3.76. The number of anilines is 2. The maximum atomic E-state index is 13.6. The summed E-state index contributed by atoms with van der Waals surface area (Å²) in [5.74, 6) is -2.19. The number of nitrogens with zero attached hydrogens (tertiary/aromatic N) is 1. The Bertz CT molecular complexity index is 964. The molecule has 3 aromatic rings. The Morgan fingerprint density at radius 2 is 1.85 bits per heavy atom. The van der Waals surface area contributed by atoms with E-state index in [4.69, 9.17) is 5.73 Å². The predicted molar refractivity (Wildman–Crippen MR) is 91.6 cm³/mol. The number of H-pyrrole nitrogens is 1. The zero-order chi connectivity index (χ0) is 19.6. The van der Waals surface area contributed by atoms with Crippen LogP contribution in [0.4, 0.5) is 29.2 Å². The summed E-state index contributed by atoms with van der Waals surface area (Å²) in [6.07, 6.45) is -2.75. The van der Waals surface area contributed by atoms with Gasteiger partial charge in [-0.2, -0.15) is 13.2 Å². The van der Waals surface area contributed by atoms with E-state index in [1.54, 1.807) is 18.3 Å². The molecule has 0 aliphatic carbocycles. The van der Waals surface area contributed by atoms with Crippen molar-refractivity contribution < 1.29 is 22.4 Å². The molecule has 0 spiro atoms. The van der Waals surface area contributed by atoms with Gasteiger partial charge >= 0.3 is 6.18 Å². The highest BCUT2D eigenvalue weighted by atomic mass is 19.4. The molecule has 140 valence electrons. The monoisotopic (exact) mass is 378 g/mol. The van der Waals surface area contributed by atoms with E-state index in [9.17, 15) is 22.4 Å². The second-order valence-electron chi connectivity index (χ2n) is 5.81. The molecule has 2 aromatic carbocycles. The third kappa shape index (κ3) is 4.43. The second-order valence-corrected chi connectivity index (χ2v) is 5.81. The maximum absolute atomic E-state index is 13.6. The van der Waals surface area contributed by atoms with Gasteiger partial charge in [-0.05, 0) is 35.9 Å². The van der Waals surface area contributed by atoms with Gasteiger partial charge in [0.15, 0.2) is 0 Å². The van der Waals surface area contributed by atoms with Gasteiger partial charge in [0, 0.05) is 23.9 Å². The molecule has 1 amide bonds. The number of amides is 1. The van der Waals surface area contributed by atoms with Crippen LogP contribution < -0.4 is 11.1 Å². The summed E-state index contributed by atoms with van der Waals surface area (Å²) < 4.78 is 51.3. The largest absolute Gasteiger partial charge is 0.419 e. The fraction of sp³-hybridized carbons (Fsp3) is 0.111. The van der Waals surface area contributed by atoms with Crippen LogP contribution in [0, 0.1) is 5.82 Å². The normalized spacial score (nSPS) is 11.4. The molecular formula is C18H14F4N4O. The molecule has 0 atom stereocenters. The van der Waals surface area contributed by atoms with Crippen LogP contribution in [0.1, 0.15) is 27.2 Å². The number of benzene rings is 2. The zero-order valence-electron chi connectivity index (χ0n) is 13.8. The van der Waals surface area contributed by atoms with Crippen LogP contribution in [0.3, 0.4) is 0 Å². The first-order valence-corrected chi connectivity index (χ1v) is 7.79. The van der Waals surface area contributed by atoms with Gasteiger partial charge in [-0.15, -0.1) is 0 Å². The molecular weight excluding hydrogens is 364 g/mol. The van der Waals surface area contributed by atoms with Crippen molar-refractivity contribution in [1.82, 2.24) is 9.97 Å². The number of nitrogen functional groups attached to an aromatic ring is 1. The van der Waals surface area contributed by atoms with Crippen LogP contribution in [0.25, 0.3) is 0 Å². The molecule has 1 heterocycles. The van der Waals surface area contributed by atoms with Crippen LogP contribution in [-0.2, 0) is 12.6 Å². The summed E-state index contributed by atoms with van der Waals surface area (Å²) in [5, 5.41) is 2.39. The smallest absolute Gasteiger partial charge is 0.399 e. The number of alkyl halides is 3. The van der Waals surface area contributed by atoms with Gasteiger partial charge in [-0.3, -0.25) is 10.1 Å². The van der Waals surface area contributed by atoms with E-state index in [2.05, 4.69) is 15.3 Å². The fourth-order valence-electron chi connectivity index (χ4n) is 2.42. The van der Waals surface area contributed by atoms with Gasteiger partial charge in [0.1, 0.15) is 5.82 Å². The van der Waals surface area contributed by atoms with Crippen molar-refractivity contribution in [3.8, 4) is 0 Å². The lowest BCUT2D eigenvalue weighted by atomic mass is 10.1. The molecule has 0 saturated carbocycles. The first kappa shape index (κ1) is 18.4. The molecule has 0 aliphatic rings. The number of rotatable bonds is 4. The van der Waals surface area contributed by atoms with Gasteiger partial charge in [0.25, 0.3) is 5.91 Å². The molecule has 5 nitrogen and oxygen atoms in total. The van der Waals surface area contributed by atoms with Gasteiger partial charge in [0.2, 0.25) is 5.95 Å². The molecule has 9 heteroatoms. The summed E-state index contributed by atoms with van der Waals surface area (Å²) in [7, 11) is 0. The first-order chi connectivity index (χ1) is 12.7. The van der Waals surface area contributed by atoms with Crippen LogP contribution in [-0.4, -0.2) is 15.9 Å². The minimum absolute atomic E-state index is 0.103. The number of nitrogens with two attached hydrogens (primary N) is 1. The van der Waals surface area contributed by atoms with Crippen molar-refractivity contribution in [2.24, 2.45) is 0 Å². The Hall–Kier alpha value is -3.36. The fourth-order valence-corrected chi connectivity index (χ4v) is 2.42. The van der Waals surface area contributed by atoms with E-state index in [0.717, 1.165) is 11.6 Å². The lowest BCUT2D eigenvalue weighted by molar-refractivity contribution is -0.140. The number of nitrogens with one attached hydrogen (secondary N) is 2. The number of hydrogen-bond donors (Lipinski definition) is 3. The molecule has 3 rings (SSSR count). The van der Waals surface area contributed by atoms with Crippen LogP contribution >= 0.6 is 0 Å². The van der Waals surface area contributed by atoms with Gasteiger partial charge in [0.05, 0.1) is 11.3 Å². The molecule has 0 fully saturated rings. The Kier molecular flexibility index (Phi) is 4.85. The Morgan fingerprint density at radius 1 is 1.15 bits per heavy atom. The summed E-state index contributed by atoms with van der Waals surface area (Å²) in [4.78, 5) is 19.0. The standard InChI is InChI=1S/C18H14F4N4O/c19-15-8-11(3-6-14(15)18(20,21)22)16(27)26-17-24-9-13(25-17)7-10-1-4-12(23)5-2-10/h1-6,8-9H,7,23H2,(H2,24,25,26,27). The zero-order valence-corrected chi connectivity index (χ0v) is 13.8. The summed E-state index contributed by atoms with van der Waals surface area (Å²) in [6.45, 7) is 0. The highest BCUT2D eigenvalue weighted by Gasteiger charge is 2.34. The Labute approximate surface area is 151 Å². The Balaban J connectivity index is 1.69. The molecule has 0 aliphatic heterocycles. The van der Waals surface area contributed by atoms with E-state index in [1.165, 1.54) is 0 Å². The van der Waals surface area contributed by atoms with E-state index < -0.39 is 23.5 Å². The minimum atomic E-state index is -4.82. The van der Waals surface area contributed by atoms with Crippen molar-refractivity contribution in [2.45, 2.75) is 12.6 Å². The molecule has 1 aromatic heterocycles. The first-order valence-electron chi connectivity index (χ1n) is 7.79.